The van der Waals surface area contributed by atoms with Gasteiger partial charge in [-0.3, -0.25) is 0 Å². The fourth-order valence-electron chi connectivity index (χ4n) is 3.14. The van der Waals surface area contributed by atoms with E-state index in [1.807, 2.05) is 0 Å². The van der Waals surface area contributed by atoms with Gasteiger partial charge in [0.2, 0.25) is 0 Å². The normalized spacial score (nSPS) is 30.9. The minimum absolute atomic E-state index is 0.0958. The molecule has 0 aliphatic heterocycles. The number of aliphatic hydroxyl groups is 4. The predicted octanol–water partition coefficient (Wildman–Crippen LogP) is -0.353. The molecule has 0 heterocycles. The highest BCUT2D eigenvalue weighted by molar-refractivity contribution is 5.88. The molecule has 1 saturated carbocycles. The van der Waals surface area contributed by atoms with Gasteiger partial charge in [0.25, 0.3) is 0 Å². The number of ether oxygens (including phenoxy) is 1. The molecule has 5 atom stereocenters. The Morgan fingerprint density at radius 1 is 1.17 bits per heavy atom. The van der Waals surface area contributed by atoms with E-state index in [4.69, 9.17) is 9.84 Å². The first-order valence-electron chi connectivity index (χ1n) is 7.44. The summed E-state index contributed by atoms with van der Waals surface area (Å²) >= 11 is 0. The lowest BCUT2D eigenvalue weighted by atomic mass is 9.73. The van der Waals surface area contributed by atoms with Gasteiger partial charge in [-0.25, -0.2) is 4.79 Å². The first-order valence-corrected chi connectivity index (χ1v) is 7.44. The Bertz CT molecular complexity index is 557. The number of hydrogen-bond donors (Lipinski definition) is 5. The van der Waals surface area contributed by atoms with E-state index in [2.05, 4.69) is 0 Å². The van der Waals surface area contributed by atoms with Gasteiger partial charge in [-0.2, -0.15) is 0 Å². The minimum atomic E-state index is -1.32. The van der Waals surface area contributed by atoms with E-state index in [9.17, 15) is 25.2 Å². The summed E-state index contributed by atoms with van der Waals surface area (Å²) in [5.74, 6) is -1.57. The van der Waals surface area contributed by atoms with Gasteiger partial charge in [-0.15, -0.1) is 0 Å². The Labute approximate surface area is 133 Å². The fraction of sp³-hybridized carbons (Fsp3) is 0.562. The Morgan fingerprint density at radius 3 is 2.39 bits per heavy atom. The van der Waals surface area contributed by atoms with Crippen molar-refractivity contribution in [3.05, 3.63) is 29.3 Å². The zero-order chi connectivity index (χ0) is 17.1. The first kappa shape index (κ1) is 17.7. The number of carbonyl (C=O) groups is 1. The second-order valence-corrected chi connectivity index (χ2v) is 5.95. The molecule has 1 fully saturated rings. The summed E-state index contributed by atoms with van der Waals surface area (Å²) in [7, 11) is 1.43. The molecule has 1 aliphatic carbocycles. The number of hydrogen-bond acceptors (Lipinski definition) is 6. The van der Waals surface area contributed by atoms with Gasteiger partial charge in [0.1, 0.15) is 11.9 Å². The monoisotopic (exact) mass is 326 g/mol. The Hall–Kier alpha value is -1.67. The van der Waals surface area contributed by atoms with E-state index in [1.165, 1.54) is 19.2 Å². The summed E-state index contributed by atoms with van der Waals surface area (Å²) in [4.78, 5) is 11.0. The molecule has 128 valence electrons. The highest BCUT2D eigenvalue weighted by Gasteiger charge is 2.42. The van der Waals surface area contributed by atoms with E-state index >= 15 is 0 Å². The molecule has 23 heavy (non-hydrogen) atoms. The van der Waals surface area contributed by atoms with Crippen LogP contribution in [0.1, 0.15) is 22.3 Å². The molecule has 1 aromatic carbocycles. The molecule has 0 aromatic heterocycles. The predicted molar refractivity (Wildman–Crippen MR) is 80.4 cm³/mol. The van der Waals surface area contributed by atoms with Gasteiger partial charge in [0, 0.05) is 12.5 Å². The van der Waals surface area contributed by atoms with Crippen molar-refractivity contribution < 1.29 is 35.1 Å². The highest BCUT2D eigenvalue weighted by Crippen LogP contribution is 2.34. The van der Waals surface area contributed by atoms with Crippen molar-refractivity contribution in [1.29, 1.82) is 0 Å². The number of benzene rings is 1. The number of rotatable bonds is 5. The molecule has 5 unspecified atom stereocenters. The van der Waals surface area contributed by atoms with Crippen LogP contribution in [0.2, 0.25) is 0 Å². The summed E-state index contributed by atoms with van der Waals surface area (Å²) in [6.07, 6.45) is -2.93. The Balaban J connectivity index is 2.22. The zero-order valence-electron chi connectivity index (χ0n) is 12.8. The topological polar surface area (TPSA) is 127 Å². The van der Waals surface area contributed by atoms with Crippen LogP contribution in [-0.4, -0.2) is 63.5 Å². The average molecular weight is 326 g/mol. The standard InChI is InChI=1S/C16H22O7/c1-23-12-6-9(16(21)22)3-2-8(12)4-10-5-11(7-17)14(19)15(20)13(10)18/h2-3,6,10-11,13-15,17-20H,4-5,7H2,1H3,(H,21,22). The largest absolute Gasteiger partial charge is 0.496 e. The SMILES string of the molecule is COc1cc(C(=O)O)ccc1CC1CC(CO)C(O)C(O)C1O. The molecule has 7 nitrogen and oxygen atoms in total. The van der Waals surface area contributed by atoms with Crippen molar-refractivity contribution in [3.8, 4) is 5.75 Å². The van der Waals surface area contributed by atoms with Gasteiger partial charge in [0.15, 0.2) is 0 Å². The summed E-state index contributed by atoms with van der Waals surface area (Å²) in [6.45, 7) is -0.281. The van der Waals surface area contributed by atoms with Crippen molar-refractivity contribution in [2.45, 2.75) is 31.2 Å². The van der Waals surface area contributed by atoms with Gasteiger partial charge in [-0.05, 0) is 36.5 Å². The maximum atomic E-state index is 11.0. The second-order valence-electron chi connectivity index (χ2n) is 5.95. The van der Waals surface area contributed by atoms with Gasteiger partial charge < -0.3 is 30.3 Å². The van der Waals surface area contributed by atoms with Gasteiger partial charge >= 0.3 is 5.97 Å². The molecule has 1 aromatic rings. The van der Waals surface area contributed by atoms with Crippen LogP contribution in [0.15, 0.2) is 18.2 Å². The van der Waals surface area contributed by atoms with Gasteiger partial charge in [-0.1, -0.05) is 6.07 Å². The molecule has 0 saturated heterocycles. The number of aliphatic hydroxyl groups excluding tert-OH is 4. The van der Waals surface area contributed by atoms with E-state index in [0.717, 1.165) is 0 Å². The molecule has 0 amide bonds. The van der Waals surface area contributed by atoms with Crippen LogP contribution in [0.25, 0.3) is 0 Å². The highest BCUT2D eigenvalue weighted by atomic mass is 16.5. The zero-order valence-corrected chi connectivity index (χ0v) is 12.8. The second kappa shape index (κ2) is 7.27. The van der Waals surface area contributed by atoms with E-state index in [-0.39, 0.29) is 18.1 Å². The summed E-state index contributed by atoms with van der Waals surface area (Å²) in [5, 5.41) is 48.2. The summed E-state index contributed by atoms with van der Waals surface area (Å²) < 4.78 is 5.21. The molecule has 0 radical (unpaired) electrons. The minimum Gasteiger partial charge on any atom is -0.496 e. The molecular formula is C16H22O7. The number of methoxy groups -OCH3 is 1. The third-order valence-corrected chi connectivity index (χ3v) is 4.52. The van der Waals surface area contributed by atoms with Crippen molar-refractivity contribution in [3.63, 3.8) is 0 Å². The van der Waals surface area contributed by atoms with E-state index in [1.54, 1.807) is 6.07 Å². The number of carboxylic acid groups (broad SMARTS) is 1. The van der Waals surface area contributed by atoms with Crippen LogP contribution >= 0.6 is 0 Å². The quantitative estimate of drug-likeness (QED) is 0.500. The van der Waals surface area contributed by atoms with Crippen LogP contribution < -0.4 is 4.74 Å². The summed E-state index contributed by atoms with van der Waals surface area (Å²) in [5.41, 5.74) is 0.792. The Kier molecular flexibility index (Phi) is 5.59. The maximum absolute atomic E-state index is 11.0. The van der Waals surface area contributed by atoms with Crippen LogP contribution in [0, 0.1) is 11.8 Å². The average Bonchev–Trinajstić information content (AvgIpc) is 2.55. The summed E-state index contributed by atoms with van der Waals surface area (Å²) in [6, 6.07) is 4.46. The molecule has 0 bridgehead atoms. The lowest BCUT2D eigenvalue weighted by molar-refractivity contribution is -0.141. The van der Waals surface area contributed by atoms with Crippen LogP contribution in [0.3, 0.4) is 0 Å². The van der Waals surface area contributed by atoms with Crippen molar-refractivity contribution >= 4 is 5.97 Å². The van der Waals surface area contributed by atoms with E-state index < -0.39 is 30.2 Å². The van der Waals surface area contributed by atoms with Crippen LogP contribution in [0.5, 0.6) is 5.75 Å². The van der Waals surface area contributed by atoms with Crippen molar-refractivity contribution in [1.82, 2.24) is 0 Å². The molecule has 1 aliphatic rings. The van der Waals surface area contributed by atoms with Crippen LogP contribution in [-0.2, 0) is 6.42 Å². The lowest BCUT2D eigenvalue weighted by Crippen LogP contribution is -2.52. The first-order chi connectivity index (χ1) is 10.9. The molecule has 5 N–H and O–H groups in total. The third-order valence-electron chi connectivity index (χ3n) is 4.52. The van der Waals surface area contributed by atoms with Crippen molar-refractivity contribution in [2.75, 3.05) is 13.7 Å². The number of aromatic carboxylic acids is 1. The fourth-order valence-corrected chi connectivity index (χ4v) is 3.14. The van der Waals surface area contributed by atoms with Gasteiger partial charge in [0.05, 0.1) is 24.9 Å². The Morgan fingerprint density at radius 2 is 1.83 bits per heavy atom. The van der Waals surface area contributed by atoms with E-state index in [0.29, 0.717) is 24.2 Å². The third kappa shape index (κ3) is 3.64. The molecule has 2 rings (SSSR count). The molecular weight excluding hydrogens is 304 g/mol. The maximum Gasteiger partial charge on any atom is 0.335 e. The molecule has 7 heteroatoms. The number of carboxylic acids is 1. The molecule has 0 spiro atoms. The van der Waals surface area contributed by atoms with Crippen LogP contribution in [0.4, 0.5) is 0 Å². The smallest absolute Gasteiger partial charge is 0.335 e. The van der Waals surface area contributed by atoms with Crippen molar-refractivity contribution in [2.24, 2.45) is 11.8 Å². The lowest BCUT2D eigenvalue weighted by Gasteiger charge is -2.40.